The average Bonchev–Trinajstić information content (AvgIpc) is 2.58. The van der Waals surface area contributed by atoms with Crippen molar-refractivity contribution in [3.05, 3.63) is 0 Å². The summed E-state index contributed by atoms with van der Waals surface area (Å²) in [6, 6.07) is -2.83. The smallest absolute Gasteiger partial charge is 0.548 e. The Morgan fingerprint density at radius 3 is 2.03 bits per heavy atom. The molecule has 0 spiro atoms. The Balaban J connectivity index is -0.00000364. The maximum Gasteiger partial charge on any atom is 1.00 e. The average molecular weight is 467 g/mol. The third kappa shape index (κ3) is 15.9. The Hall–Kier alpha value is -0.870. The second kappa shape index (κ2) is 17.8. The first-order chi connectivity index (χ1) is 12.9. The monoisotopic (exact) mass is 467 g/mol. The maximum absolute atomic E-state index is 12.0. The molecule has 158 valence electrons. The van der Waals surface area contributed by atoms with Gasteiger partial charge in [-0.3, -0.25) is 19.2 Å². The van der Waals surface area contributed by atoms with Crippen molar-refractivity contribution in [3.8, 4) is 0 Å². The third-order valence-electron chi connectivity index (χ3n) is 3.14. The van der Waals surface area contributed by atoms with Gasteiger partial charge in [-0.05, 0) is 6.42 Å². The minimum Gasteiger partial charge on any atom is -0.548 e. The van der Waals surface area contributed by atoms with Gasteiger partial charge in [0, 0.05) is 18.2 Å². The quantitative estimate of drug-likeness (QED) is 0.150. The number of carboxylic acids is 4. The summed E-state index contributed by atoms with van der Waals surface area (Å²) in [5.74, 6) is -8.21. The van der Waals surface area contributed by atoms with E-state index in [4.69, 9.17) is 15.9 Å². The van der Waals surface area contributed by atoms with Gasteiger partial charge in [0.25, 0.3) is 0 Å². The van der Waals surface area contributed by atoms with E-state index in [-0.39, 0.29) is 71.3 Å². The molecule has 0 saturated heterocycles. The van der Waals surface area contributed by atoms with E-state index < -0.39 is 72.4 Å². The van der Waals surface area contributed by atoms with Crippen molar-refractivity contribution in [2.24, 2.45) is 5.73 Å². The number of rotatable bonds is 14. The molecular formula is C14H19N3Na2O10S. The molecule has 0 aromatic rings. The zero-order chi connectivity index (χ0) is 21.9. The second-order valence-electron chi connectivity index (χ2n) is 5.43. The molecule has 16 heteroatoms. The number of thioether (sulfide) groups is 1. The molecule has 0 radical (unpaired) electrons. The number of carbonyl (C=O) groups is 6. The van der Waals surface area contributed by atoms with Crippen LogP contribution in [0.1, 0.15) is 19.3 Å². The number of hydrogen-bond acceptors (Lipinski definition) is 10. The van der Waals surface area contributed by atoms with E-state index in [1.165, 1.54) is 0 Å². The van der Waals surface area contributed by atoms with Crippen LogP contribution in [0.4, 0.5) is 0 Å². The minimum atomic E-state index is -1.61. The molecule has 6 N–H and O–H groups in total. The van der Waals surface area contributed by atoms with Gasteiger partial charge < -0.3 is 46.4 Å². The van der Waals surface area contributed by atoms with Gasteiger partial charge in [-0.2, -0.15) is 0 Å². The van der Waals surface area contributed by atoms with Gasteiger partial charge in [0.1, 0.15) is 11.3 Å². The van der Waals surface area contributed by atoms with Crippen LogP contribution in [0.5, 0.6) is 0 Å². The molecule has 0 aromatic carbocycles. The van der Waals surface area contributed by atoms with Crippen molar-refractivity contribution in [3.63, 3.8) is 0 Å². The van der Waals surface area contributed by atoms with E-state index in [0.717, 1.165) is 0 Å². The molecule has 0 aliphatic rings. The molecule has 13 nitrogen and oxygen atoms in total. The molecule has 3 atom stereocenters. The number of amides is 2. The van der Waals surface area contributed by atoms with E-state index in [1.54, 1.807) is 0 Å². The van der Waals surface area contributed by atoms with Gasteiger partial charge in [-0.25, -0.2) is 0 Å². The van der Waals surface area contributed by atoms with Crippen LogP contribution in [0, 0.1) is 0 Å². The molecule has 0 aromatic heterocycles. The molecule has 0 aliphatic carbocycles. The van der Waals surface area contributed by atoms with Crippen LogP contribution in [-0.4, -0.2) is 75.5 Å². The standard InChI is InChI=1S/C14H21N3O10S.2Na/c15-6(13(24)25)1-2-9(18)17-7(12(23)16-4-11(21)22)5-28-8(14(26)27)3-10(19)20;;/h6-8H,1-5,15H2,(H,16,23)(H,17,18)(H,19,20)(H,21,22)(H,24,25)(H,26,27);;/q;2*+1/p-2. The Morgan fingerprint density at radius 2 is 1.60 bits per heavy atom. The first-order valence-electron chi connectivity index (χ1n) is 7.73. The molecule has 0 heterocycles. The minimum absolute atomic E-state index is 0. The molecule has 0 fully saturated rings. The fourth-order valence-corrected chi connectivity index (χ4v) is 2.79. The molecule has 0 rings (SSSR count). The van der Waals surface area contributed by atoms with Crippen LogP contribution < -0.4 is 85.7 Å². The molecule has 0 aliphatic heterocycles. The summed E-state index contributed by atoms with van der Waals surface area (Å²) in [5.41, 5.74) is 5.20. The first-order valence-corrected chi connectivity index (χ1v) is 8.78. The first kappa shape index (κ1) is 33.8. The van der Waals surface area contributed by atoms with Gasteiger partial charge >= 0.3 is 71.1 Å². The summed E-state index contributed by atoms with van der Waals surface area (Å²) in [6.07, 6.45) is -1.45. The van der Waals surface area contributed by atoms with Crippen LogP contribution in [-0.2, 0) is 28.8 Å². The van der Waals surface area contributed by atoms with Crippen molar-refractivity contribution in [1.82, 2.24) is 10.6 Å². The molecule has 3 unspecified atom stereocenters. The van der Waals surface area contributed by atoms with Crippen molar-refractivity contribution in [1.29, 1.82) is 0 Å². The van der Waals surface area contributed by atoms with Crippen LogP contribution in [0.2, 0.25) is 0 Å². The summed E-state index contributed by atoms with van der Waals surface area (Å²) < 4.78 is 0. The summed E-state index contributed by atoms with van der Waals surface area (Å²) in [4.78, 5) is 66.6. The predicted octanol–water partition coefficient (Wildman–Crippen LogP) is -11.1. The van der Waals surface area contributed by atoms with E-state index in [0.29, 0.717) is 11.8 Å². The zero-order valence-corrected chi connectivity index (χ0v) is 21.2. The van der Waals surface area contributed by atoms with Crippen molar-refractivity contribution >= 4 is 47.5 Å². The van der Waals surface area contributed by atoms with Crippen LogP contribution >= 0.6 is 11.8 Å². The normalized spacial score (nSPS) is 12.7. The molecule has 2 amide bonds. The molecular weight excluding hydrogens is 448 g/mol. The number of nitrogens with one attached hydrogen (secondary N) is 2. The fraction of sp³-hybridized carbons (Fsp3) is 0.571. The number of carbonyl (C=O) groups excluding carboxylic acids is 4. The molecule has 30 heavy (non-hydrogen) atoms. The van der Waals surface area contributed by atoms with Gasteiger partial charge in [0.05, 0.1) is 24.9 Å². The van der Waals surface area contributed by atoms with Gasteiger partial charge in [-0.1, -0.05) is 0 Å². The third-order valence-corrected chi connectivity index (χ3v) is 4.44. The van der Waals surface area contributed by atoms with Crippen molar-refractivity contribution in [2.45, 2.75) is 36.6 Å². The van der Waals surface area contributed by atoms with Crippen molar-refractivity contribution in [2.75, 3.05) is 12.3 Å². The predicted molar refractivity (Wildman–Crippen MR) is 88.3 cm³/mol. The summed E-state index contributed by atoms with van der Waals surface area (Å²) in [7, 11) is 0. The Labute approximate surface area is 219 Å². The number of nitrogens with two attached hydrogens (primary N) is 1. The van der Waals surface area contributed by atoms with Crippen molar-refractivity contribution < 1.29 is 108 Å². The SMILES string of the molecule is NC(CCC(=O)NC(CSC(CC(=O)O)C(=O)O)C(=O)NCC(=O)[O-])C(=O)[O-].[Na+].[Na+]. The van der Waals surface area contributed by atoms with Crippen LogP contribution in [0.15, 0.2) is 0 Å². The maximum atomic E-state index is 12.0. The van der Waals surface area contributed by atoms with Gasteiger partial charge in [0.2, 0.25) is 11.8 Å². The fourth-order valence-electron chi connectivity index (χ4n) is 1.72. The molecule has 0 bridgehead atoms. The van der Waals surface area contributed by atoms with E-state index in [2.05, 4.69) is 5.32 Å². The Morgan fingerprint density at radius 1 is 1.03 bits per heavy atom. The largest absolute Gasteiger partial charge is 1.00 e. The van der Waals surface area contributed by atoms with Crippen LogP contribution in [0.3, 0.4) is 0 Å². The molecule has 0 saturated carbocycles. The van der Waals surface area contributed by atoms with E-state index >= 15 is 0 Å². The summed E-state index contributed by atoms with van der Waals surface area (Å²) >= 11 is 0.552. The summed E-state index contributed by atoms with van der Waals surface area (Å²) in [6.45, 7) is -0.872. The number of carboxylic acid groups (broad SMARTS) is 4. The van der Waals surface area contributed by atoms with E-state index in [1.807, 2.05) is 5.32 Å². The van der Waals surface area contributed by atoms with E-state index in [9.17, 15) is 39.0 Å². The van der Waals surface area contributed by atoms with Crippen LogP contribution in [0.25, 0.3) is 0 Å². The Kier molecular flexibility index (Phi) is 20.0. The topological polar surface area (TPSA) is 239 Å². The zero-order valence-electron chi connectivity index (χ0n) is 16.4. The summed E-state index contributed by atoms with van der Waals surface area (Å²) in [5, 5.41) is 41.4. The number of aliphatic carboxylic acids is 4. The second-order valence-corrected chi connectivity index (χ2v) is 6.67. The van der Waals surface area contributed by atoms with Gasteiger partial charge in [-0.15, -0.1) is 11.8 Å². The number of hydrogen-bond donors (Lipinski definition) is 5. The van der Waals surface area contributed by atoms with Gasteiger partial charge in [0.15, 0.2) is 0 Å². The Bertz CT molecular complexity index is 637.